The summed E-state index contributed by atoms with van der Waals surface area (Å²) < 4.78 is 16.6. The van der Waals surface area contributed by atoms with Crippen molar-refractivity contribution in [2.75, 3.05) is 10.6 Å². The number of hydrogen-bond donors (Lipinski definition) is 4. The number of primary amides is 1. The van der Waals surface area contributed by atoms with Crippen molar-refractivity contribution in [2.45, 2.75) is 50.6 Å². The Bertz CT molecular complexity index is 1520. The molecule has 1 spiro atoms. The second-order valence-electron chi connectivity index (χ2n) is 11.5. The van der Waals surface area contributed by atoms with Crippen molar-refractivity contribution < 1.29 is 18.8 Å². The van der Waals surface area contributed by atoms with Gasteiger partial charge in [-0.3, -0.25) is 14.4 Å². The molecule has 3 amide bonds. The summed E-state index contributed by atoms with van der Waals surface area (Å²) in [6, 6.07) is 14.8. The Morgan fingerprint density at radius 3 is 2.48 bits per heavy atom. The van der Waals surface area contributed by atoms with E-state index in [4.69, 9.17) is 17.3 Å². The van der Waals surface area contributed by atoms with Crippen LogP contribution in [-0.4, -0.2) is 29.8 Å². The highest BCUT2D eigenvalue weighted by molar-refractivity contribution is 9.10. The van der Waals surface area contributed by atoms with Crippen molar-refractivity contribution in [2.24, 2.45) is 11.1 Å². The van der Waals surface area contributed by atoms with Gasteiger partial charge in [0.1, 0.15) is 11.2 Å². The maximum Gasteiger partial charge on any atom is 0.248 e. The van der Waals surface area contributed by atoms with E-state index in [-0.39, 0.29) is 21.9 Å². The number of amides is 3. The van der Waals surface area contributed by atoms with Crippen LogP contribution in [0.5, 0.6) is 0 Å². The fourth-order valence-electron chi connectivity index (χ4n) is 6.09. The van der Waals surface area contributed by atoms with E-state index in [0.717, 1.165) is 4.47 Å². The molecule has 40 heavy (non-hydrogen) atoms. The molecule has 7 nitrogen and oxygen atoms in total. The highest BCUT2D eigenvalue weighted by Gasteiger charge is 2.66. The van der Waals surface area contributed by atoms with Gasteiger partial charge >= 0.3 is 0 Å². The molecule has 3 aromatic rings. The summed E-state index contributed by atoms with van der Waals surface area (Å²) >= 11 is 9.72. The van der Waals surface area contributed by atoms with E-state index in [2.05, 4.69) is 52.7 Å². The van der Waals surface area contributed by atoms with Gasteiger partial charge in [0.05, 0.1) is 11.1 Å². The number of rotatable bonds is 5. The number of nitrogens with one attached hydrogen (secondary N) is 3. The molecule has 10 heteroatoms. The van der Waals surface area contributed by atoms with Gasteiger partial charge in [-0.15, -0.1) is 0 Å². The third-order valence-corrected chi connectivity index (χ3v) is 8.44. The van der Waals surface area contributed by atoms with Crippen LogP contribution in [0.15, 0.2) is 65.1 Å². The Morgan fingerprint density at radius 2 is 1.82 bits per heavy atom. The van der Waals surface area contributed by atoms with E-state index in [1.54, 1.807) is 24.3 Å². The van der Waals surface area contributed by atoms with Crippen molar-refractivity contribution in [1.82, 2.24) is 5.32 Å². The first-order valence-electron chi connectivity index (χ1n) is 12.8. The molecule has 2 aliphatic rings. The Labute approximate surface area is 245 Å². The number of carbonyl (C=O) groups excluding carboxylic acids is 3. The van der Waals surface area contributed by atoms with E-state index >= 15 is 4.39 Å². The van der Waals surface area contributed by atoms with Crippen molar-refractivity contribution in [3.63, 3.8) is 0 Å². The standard InChI is InChI=1S/C30H29BrClFN4O3/c1-29(2,3)14-22-30(19-12-9-16(31)13-21(19)36-28(30)40)23(18-5-4-6-20(32)24(18)33)25(37-22)27(39)35-17-10-7-15(8-11-17)26(34)38/h4-13,22-23,25,37H,14H2,1-3H3,(H2,34,38)(H,35,39)(H,36,40)/t22-,23-,25+,30+/m0/s1. The first kappa shape index (κ1) is 28.3. The van der Waals surface area contributed by atoms with Gasteiger partial charge in [-0.2, -0.15) is 0 Å². The van der Waals surface area contributed by atoms with E-state index in [9.17, 15) is 14.4 Å². The lowest BCUT2D eigenvalue weighted by molar-refractivity contribution is -0.122. The number of hydrogen-bond acceptors (Lipinski definition) is 4. The minimum absolute atomic E-state index is 0.0949. The molecule has 3 aromatic carbocycles. The molecule has 0 aromatic heterocycles. The van der Waals surface area contributed by atoms with Gasteiger partial charge in [0.2, 0.25) is 17.7 Å². The van der Waals surface area contributed by atoms with Gasteiger partial charge < -0.3 is 21.7 Å². The van der Waals surface area contributed by atoms with Crippen LogP contribution >= 0.6 is 27.5 Å². The third-order valence-electron chi connectivity index (χ3n) is 7.66. The molecular formula is C30H29BrClFN4O3. The lowest BCUT2D eigenvalue weighted by Crippen LogP contribution is -2.49. The Kier molecular flexibility index (Phi) is 7.27. The number of nitrogens with two attached hydrogens (primary N) is 1. The molecule has 5 N–H and O–H groups in total. The first-order chi connectivity index (χ1) is 18.8. The number of anilines is 2. The average Bonchev–Trinajstić information content (AvgIpc) is 3.35. The molecule has 1 saturated heterocycles. The lowest BCUT2D eigenvalue weighted by Gasteiger charge is -2.37. The van der Waals surface area contributed by atoms with Crippen molar-refractivity contribution in [1.29, 1.82) is 0 Å². The maximum absolute atomic E-state index is 15.8. The molecule has 5 rings (SSSR count). The Morgan fingerprint density at radius 1 is 1.12 bits per heavy atom. The van der Waals surface area contributed by atoms with Crippen LogP contribution < -0.4 is 21.7 Å². The first-order valence-corrected chi connectivity index (χ1v) is 14.0. The fourth-order valence-corrected chi connectivity index (χ4v) is 6.63. The van der Waals surface area contributed by atoms with Crippen molar-refractivity contribution in [3.8, 4) is 0 Å². The zero-order chi connectivity index (χ0) is 29.0. The molecule has 0 bridgehead atoms. The second-order valence-corrected chi connectivity index (χ2v) is 12.8. The van der Waals surface area contributed by atoms with Crippen LogP contribution in [0, 0.1) is 11.2 Å². The SMILES string of the molecule is CC(C)(C)C[C@@H]1N[C@@H](C(=O)Nc2ccc(C(N)=O)cc2)[C@H](c2cccc(Cl)c2F)[C@]12C(=O)Nc1cc(Br)ccc12. The Hall–Kier alpha value is -3.27. The van der Waals surface area contributed by atoms with Crippen LogP contribution in [0.4, 0.5) is 15.8 Å². The van der Waals surface area contributed by atoms with Crippen LogP contribution in [0.3, 0.4) is 0 Å². The van der Waals surface area contributed by atoms with E-state index in [0.29, 0.717) is 28.9 Å². The molecule has 208 valence electrons. The predicted octanol–water partition coefficient (Wildman–Crippen LogP) is 5.73. The molecular weight excluding hydrogens is 599 g/mol. The van der Waals surface area contributed by atoms with Crippen LogP contribution in [0.2, 0.25) is 5.02 Å². The van der Waals surface area contributed by atoms with E-state index in [1.165, 1.54) is 18.2 Å². The van der Waals surface area contributed by atoms with Crippen LogP contribution in [0.1, 0.15) is 54.6 Å². The highest BCUT2D eigenvalue weighted by Crippen LogP contribution is 2.57. The van der Waals surface area contributed by atoms with Crippen LogP contribution in [-0.2, 0) is 15.0 Å². The van der Waals surface area contributed by atoms with E-state index in [1.807, 2.05) is 18.2 Å². The second kappa shape index (κ2) is 10.3. The predicted molar refractivity (Wildman–Crippen MR) is 157 cm³/mol. The summed E-state index contributed by atoms with van der Waals surface area (Å²) in [7, 11) is 0. The summed E-state index contributed by atoms with van der Waals surface area (Å²) in [5.74, 6) is -2.96. The van der Waals surface area contributed by atoms with E-state index < -0.39 is 41.0 Å². The van der Waals surface area contributed by atoms with Crippen molar-refractivity contribution in [3.05, 3.63) is 92.7 Å². The molecule has 0 radical (unpaired) electrons. The summed E-state index contributed by atoms with van der Waals surface area (Å²) in [5, 5.41) is 9.23. The monoisotopic (exact) mass is 626 g/mol. The fraction of sp³-hybridized carbons (Fsp3) is 0.300. The van der Waals surface area contributed by atoms with Crippen LogP contribution in [0.25, 0.3) is 0 Å². The molecule has 1 fully saturated rings. The zero-order valence-electron chi connectivity index (χ0n) is 22.1. The van der Waals surface area contributed by atoms with Crippen molar-refractivity contribution >= 4 is 56.6 Å². The number of fused-ring (bicyclic) bond motifs is 2. The summed E-state index contributed by atoms with van der Waals surface area (Å²) in [6.45, 7) is 6.17. The normalized spacial score (nSPS) is 23.6. The Balaban J connectivity index is 1.69. The number of halogens is 3. The minimum atomic E-state index is -1.31. The lowest BCUT2D eigenvalue weighted by atomic mass is 9.62. The highest BCUT2D eigenvalue weighted by atomic mass is 79.9. The smallest absolute Gasteiger partial charge is 0.248 e. The topological polar surface area (TPSA) is 113 Å². The molecule has 2 aliphatic heterocycles. The molecule has 2 heterocycles. The number of benzene rings is 3. The van der Waals surface area contributed by atoms with Gasteiger partial charge in [0, 0.05) is 33.4 Å². The largest absolute Gasteiger partial charge is 0.366 e. The third kappa shape index (κ3) is 4.80. The summed E-state index contributed by atoms with van der Waals surface area (Å²) in [6.07, 6.45) is 0.520. The minimum Gasteiger partial charge on any atom is -0.366 e. The van der Waals surface area contributed by atoms with Gasteiger partial charge in [-0.1, -0.05) is 66.5 Å². The molecule has 0 unspecified atom stereocenters. The number of carbonyl (C=O) groups is 3. The zero-order valence-corrected chi connectivity index (χ0v) is 24.5. The van der Waals surface area contributed by atoms with Gasteiger partial charge in [0.25, 0.3) is 0 Å². The average molecular weight is 628 g/mol. The molecule has 4 atom stereocenters. The van der Waals surface area contributed by atoms with Gasteiger partial charge in [-0.05, 0) is 65.4 Å². The molecule has 0 saturated carbocycles. The summed E-state index contributed by atoms with van der Waals surface area (Å²) in [4.78, 5) is 39.6. The molecule has 0 aliphatic carbocycles. The van der Waals surface area contributed by atoms with Gasteiger partial charge in [-0.25, -0.2) is 4.39 Å². The summed E-state index contributed by atoms with van der Waals surface area (Å²) in [5.41, 5.74) is 5.98. The van der Waals surface area contributed by atoms with Gasteiger partial charge in [0.15, 0.2) is 0 Å². The quantitative estimate of drug-likeness (QED) is 0.289. The maximum atomic E-state index is 15.8.